The van der Waals surface area contributed by atoms with E-state index in [2.05, 4.69) is 31.9 Å². The molecule has 4 heteroatoms. The van der Waals surface area contributed by atoms with Gasteiger partial charge >= 0.3 is 0 Å². The summed E-state index contributed by atoms with van der Waals surface area (Å²) in [5.74, 6) is 3.41. The fraction of sp³-hybridized carbons (Fsp3) is 0.615. The van der Waals surface area contributed by atoms with Crippen molar-refractivity contribution in [3.63, 3.8) is 0 Å². The highest BCUT2D eigenvalue weighted by atomic mass is 79.9. The fourth-order valence-corrected chi connectivity index (χ4v) is 3.84. The Balaban J connectivity index is 1.85. The van der Waals surface area contributed by atoms with Crippen LogP contribution in [0.3, 0.4) is 0 Å². The summed E-state index contributed by atoms with van der Waals surface area (Å²) in [5.41, 5.74) is 1.14. The zero-order valence-corrected chi connectivity index (χ0v) is 12.0. The summed E-state index contributed by atoms with van der Waals surface area (Å²) in [6, 6.07) is 2.09. The zero-order chi connectivity index (χ0) is 11.8. The second-order valence-electron chi connectivity index (χ2n) is 5.13. The van der Waals surface area contributed by atoms with Gasteiger partial charge in [0.05, 0.1) is 5.88 Å². The molecular formula is C13H16BrClN2. The number of alkyl halides is 1. The van der Waals surface area contributed by atoms with Crippen molar-refractivity contribution in [2.45, 2.75) is 25.1 Å². The first-order valence-electron chi connectivity index (χ1n) is 6.23. The molecule has 1 saturated carbocycles. The summed E-state index contributed by atoms with van der Waals surface area (Å²) in [5, 5.41) is 0. The lowest BCUT2D eigenvalue weighted by molar-refractivity contribution is 0.494. The molecule has 0 spiro atoms. The van der Waals surface area contributed by atoms with E-state index in [1.807, 2.05) is 6.20 Å². The van der Waals surface area contributed by atoms with Gasteiger partial charge < -0.3 is 4.90 Å². The van der Waals surface area contributed by atoms with Crippen LogP contribution < -0.4 is 4.90 Å². The van der Waals surface area contributed by atoms with E-state index in [1.54, 1.807) is 0 Å². The third-order valence-electron chi connectivity index (χ3n) is 4.08. The largest absolute Gasteiger partial charge is 0.356 e. The van der Waals surface area contributed by atoms with Crippen LogP contribution in [0.15, 0.2) is 16.7 Å². The Labute approximate surface area is 115 Å². The molecule has 2 unspecified atom stereocenters. The summed E-state index contributed by atoms with van der Waals surface area (Å²) in [4.78, 5) is 6.98. The Bertz CT molecular complexity index is 412. The Hall–Kier alpha value is -0.280. The van der Waals surface area contributed by atoms with Gasteiger partial charge in [-0.3, -0.25) is 0 Å². The number of nitrogens with zero attached hydrogens (tertiary/aromatic N) is 2. The van der Waals surface area contributed by atoms with Gasteiger partial charge in [-0.2, -0.15) is 0 Å². The number of hydrogen-bond donors (Lipinski definition) is 0. The van der Waals surface area contributed by atoms with Crippen LogP contribution in [0.4, 0.5) is 5.82 Å². The molecule has 0 bridgehead atoms. The van der Waals surface area contributed by atoms with Gasteiger partial charge in [0.2, 0.25) is 0 Å². The van der Waals surface area contributed by atoms with Gasteiger partial charge in [0.1, 0.15) is 5.82 Å². The molecule has 1 aromatic rings. The van der Waals surface area contributed by atoms with E-state index in [0.29, 0.717) is 5.88 Å². The Morgan fingerprint density at radius 3 is 2.71 bits per heavy atom. The van der Waals surface area contributed by atoms with Crippen molar-refractivity contribution in [3.05, 3.63) is 22.3 Å². The van der Waals surface area contributed by atoms with Gasteiger partial charge in [0, 0.05) is 29.3 Å². The number of halogens is 2. The average molecular weight is 316 g/mol. The predicted octanol–water partition coefficient (Wildman–Crippen LogP) is 3.82. The van der Waals surface area contributed by atoms with Crippen LogP contribution in [0.25, 0.3) is 0 Å². The molecular weight excluding hydrogens is 300 g/mol. The normalized spacial score (nSPS) is 27.5. The number of anilines is 1. The van der Waals surface area contributed by atoms with Crippen LogP contribution in [0.1, 0.15) is 24.8 Å². The molecule has 0 aromatic carbocycles. The van der Waals surface area contributed by atoms with Crippen molar-refractivity contribution in [3.8, 4) is 0 Å². The maximum Gasteiger partial charge on any atom is 0.133 e. The van der Waals surface area contributed by atoms with Crippen molar-refractivity contribution < 1.29 is 0 Å². The van der Waals surface area contributed by atoms with Crippen molar-refractivity contribution in [2.75, 3.05) is 18.0 Å². The topological polar surface area (TPSA) is 16.1 Å². The summed E-state index contributed by atoms with van der Waals surface area (Å²) in [7, 11) is 0. The lowest BCUT2D eigenvalue weighted by Crippen LogP contribution is -2.23. The van der Waals surface area contributed by atoms with Crippen LogP contribution in [-0.2, 0) is 5.88 Å². The molecule has 92 valence electrons. The molecule has 0 N–H and O–H groups in total. The number of fused-ring (bicyclic) bond motifs is 1. The average Bonchev–Trinajstić information content (AvgIpc) is 2.89. The second kappa shape index (κ2) is 4.77. The second-order valence-corrected chi connectivity index (χ2v) is 6.31. The van der Waals surface area contributed by atoms with Crippen LogP contribution >= 0.6 is 27.5 Å². The highest BCUT2D eigenvalue weighted by Gasteiger charge is 2.37. The molecule has 1 aliphatic carbocycles. The van der Waals surface area contributed by atoms with Crippen molar-refractivity contribution in [1.29, 1.82) is 0 Å². The number of aromatic nitrogens is 1. The minimum absolute atomic E-state index is 0.535. The third-order valence-corrected chi connectivity index (χ3v) is 4.80. The van der Waals surface area contributed by atoms with Crippen LogP contribution in [0, 0.1) is 11.8 Å². The number of rotatable bonds is 2. The first kappa shape index (κ1) is 11.8. The third kappa shape index (κ3) is 2.19. The minimum Gasteiger partial charge on any atom is -0.356 e. The van der Waals surface area contributed by atoms with E-state index < -0.39 is 0 Å². The van der Waals surface area contributed by atoms with E-state index in [0.717, 1.165) is 27.7 Å². The molecule has 1 saturated heterocycles. The SMILES string of the molecule is ClCc1cc(Br)cnc1N1CC2CCCC2C1. The monoisotopic (exact) mass is 314 g/mol. The van der Waals surface area contributed by atoms with Gasteiger partial charge in [-0.15, -0.1) is 11.6 Å². The van der Waals surface area contributed by atoms with E-state index in [1.165, 1.54) is 32.4 Å². The fourth-order valence-electron chi connectivity index (χ4n) is 3.27. The summed E-state index contributed by atoms with van der Waals surface area (Å²) in [6.07, 6.45) is 6.08. The summed E-state index contributed by atoms with van der Waals surface area (Å²) in [6.45, 7) is 2.34. The molecule has 0 amide bonds. The Kier molecular flexibility index (Phi) is 3.31. The molecule has 0 radical (unpaired) electrons. The standard InChI is InChI=1S/C13H16BrClN2/c14-12-4-11(5-15)13(16-6-12)17-7-9-2-1-3-10(9)8-17/h4,6,9-10H,1-3,5,7-8H2. The molecule has 17 heavy (non-hydrogen) atoms. The molecule has 2 atom stereocenters. The zero-order valence-electron chi connectivity index (χ0n) is 9.70. The van der Waals surface area contributed by atoms with Crippen molar-refractivity contribution in [2.24, 2.45) is 11.8 Å². The van der Waals surface area contributed by atoms with Crippen LogP contribution in [0.2, 0.25) is 0 Å². The molecule has 1 aromatic heterocycles. The molecule has 2 fully saturated rings. The van der Waals surface area contributed by atoms with E-state index in [9.17, 15) is 0 Å². The van der Waals surface area contributed by atoms with E-state index >= 15 is 0 Å². The van der Waals surface area contributed by atoms with Crippen LogP contribution in [0.5, 0.6) is 0 Å². The summed E-state index contributed by atoms with van der Waals surface area (Å²) < 4.78 is 1.01. The van der Waals surface area contributed by atoms with E-state index in [-0.39, 0.29) is 0 Å². The van der Waals surface area contributed by atoms with Crippen LogP contribution in [-0.4, -0.2) is 18.1 Å². The Morgan fingerprint density at radius 1 is 1.35 bits per heavy atom. The highest BCUT2D eigenvalue weighted by molar-refractivity contribution is 9.10. The molecule has 1 aliphatic heterocycles. The first-order chi connectivity index (χ1) is 8.28. The Morgan fingerprint density at radius 2 is 2.06 bits per heavy atom. The maximum absolute atomic E-state index is 6.02. The molecule has 2 nitrogen and oxygen atoms in total. The quantitative estimate of drug-likeness (QED) is 0.771. The molecule has 2 aliphatic rings. The maximum atomic E-state index is 6.02. The lowest BCUT2D eigenvalue weighted by Gasteiger charge is -2.21. The van der Waals surface area contributed by atoms with E-state index in [4.69, 9.17) is 11.6 Å². The van der Waals surface area contributed by atoms with Gasteiger partial charge in [-0.25, -0.2) is 4.98 Å². The summed E-state index contributed by atoms with van der Waals surface area (Å²) >= 11 is 9.47. The first-order valence-corrected chi connectivity index (χ1v) is 7.56. The minimum atomic E-state index is 0.535. The van der Waals surface area contributed by atoms with Gasteiger partial charge in [0.15, 0.2) is 0 Å². The van der Waals surface area contributed by atoms with Crippen molar-refractivity contribution >= 4 is 33.3 Å². The predicted molar refractivity (Wildman–Crippen MR) is 74.5 cm³/mol. The number of hydrogen-bond acceptors (Lipinski definition) is 2. The smallest absolute Gasteiger partial charge is 0.133 e. The number of pyridine rings is 1. The van der Waals surface area contributed by atoms with Gasteiger partial charge in [-0.05, 0) is 46.7 Å². The van der Waals surface area contributed by atoms with Crippen molar-refractivity contribution in [1.82, 2.24) is 4.98 Å². The lowest BCUT2D eigenvalue weighted by atomic mass is 10.0. The highest BCUT2D eigenvalue weighted by Crippen LogP contribution is 2.40. The molecule has 3 rings (SSSR count). The van der Waals surface area contributed by atoms with Gasteiger partial charge in [-0.1, -0.05) is 6.42 Å². The molecule has 2 heterocycles. The van der Waals surface area contributed by atoms with Gasteiger partial charge in [0.25, 0.3) is 0 Å².